The number of rotatable bonds is 4. The third-order valence-corrected chi connectivity index (χ3v) is 9.62. The van der Waals surface area contributed by atoms with Gasteiger partial charge in [-0.1, -0.05) is 37.8 Å². The summed E-state index contributed by atoms with van der Waals surface area (Å²) in [6.45, 7) is 8.49. The molecule has 6 rings (SSSR count). The van der Waals surface area contributed by atoms with Crippen LogP contribution in [-0.4, -0.2) is 64.3 Å². The minimum absolute atomic E-state index is 0.00202. The van der Waals surface area contributed by atoms with E-state index in [0.717, 1.165) is 32.3 Å². The molecule has 1 saturated heterocycles. The monoisotopic (exact) mass is 589 g/mol. The summed E-state index contributed by atoms with van der Waals surface area (Å²) >= 11 is 8.10. The Hall–Kier alpha value is -3.11. The fourth-order valence-electron chi connectivity index (χ4n) is 6.40. The molecule has 0 bridgehead atoms. The average Bonchev–Trinajstić information content (AvgIpc) is 3.53. The molecule has 2 aliphatic heterocycles. The van der Waals surface area contributed by atoms with Crippen LogP contribution in [0.15, 0.2) is 28.5 Å². The number of fused-ring (bicyclic) bond motifs is 4. The molecule has 4 aromatic rings. The molecule has 212 valence electrons. The number of piperidine rings is 1. The number of amides is 2. The number of pyridine rings is 1. The van der Waals surface area contributed by atoms with E-state index in [1.165, 1.54) is 11.3 Å². The second kappa shape index (κ2) is 10.6. The molecular formula is C30H33BClN5O3S. The van der Waals surface area contributed by atoms with Gasteiger partial charge in [0.25, 0.3) is 5.56 Å². The van der Waals surface area contributed by atoms with Gasteiger partial charge in [-0.3, -0.25) is 19.5 Å². The maximum absolute atomic E-state index is 13.9. The van der Waals surface area contributed by atoms with Gasteiger partial charge < -0.3 is 14.8 Å². The Morgan fingerprint density at radius 2 is 1.95 bits per heavy atom. The number of hydrogen-bond donors (Lipinski definition) is 2. The highest BCUT2D eigenvalue weighted by Gasteiger charge is 2.36. The van der Waals surface area contributed by atoms with Gasteiger partial charge in [-0.15, -0.1) is 11.3 Å². The van der Waals surface area contributed by atoms with Gasteiger partial charge in [-0.2, -0.15) is 5.10 Å². The number of carbonyl (C=O) groups is 2. The number of nitrogens with zero attached hydrogens (tertiary/aromatic N) is 3. The number of nitrogens with one attached hydrogen (secondary N) is 2. The highest BCUT2D eigenvalue weighted by molar-refractivity contribution is 7.18. The summed E-state index contributed by atoms with van der Waals surface area (Å²) in [6, 6.07) is 3.87. The van der Waals surface area contributed by atoms with Gasteiger partial charge >= 0.3 is 0 Å². The minimum Gasteiger partial charge on any atom is -0.343 e. The molecule has 41 heavy (non-hydrogen) atoms. The third kappa shape index (κ3) is 5.44. The number of aromatic amines is 2. The lowest BCUT2D eigenvalue weighted by Gasteiger charge is -2.34. The Morgan fingerprint density at radius 1 is 1.20 bits per heavy atom. The van der Waals surface area contributed by atoms with Gasteiger partial charge in [0, 0.05) is 43.5 Å². The van der Waals surface area contributed by atoms with Crippen molar-refractivity contribution in [1.29, 1.82) is 0 Å². The van der Waals surface area contributed by atoms with Gasteiger partial charge in [-0.05, 0) is 59.2 Å². The molecule has 1 atom stereocenters. The van der Waals surface area contributed by atoms with Gasteiger partial charge in [0.05, 0.1) is 32.9 Å². The zero-order valence-electron chi connectivity index (χ0n) is 23.6. The van der Waals surface area contributed by atoms with E-state index < -0.39 is 5.92 Å². The number of carbonyl (C=O) groups excluding carboxylic acids is 2. The lowest BCUT2D eigenvalue weighted by molar-refractivity contribution is -0.142. The van der Waals surface area contributed by atoms with Crippen LogP contribution >= 0.6 is 22.9 Å². The Balaban J connectivity index is 1.20. The highest BCUT2D eigenvalue weighted by atomic mass is 35.5. The van der Waals surface area contributed by atoms with Gasteiger partial charge in [-0.25, -0.2) is 0 Å². The molecule has 2 radical (unpaired) electrons. The molecule has 2 aliphatic rings. The van der Waals surface area contributed by atoms with E-state index in [4.69, 9.17) is 19.4 Å². The summed E-state index contributed by atoms with van der Waals surface area (Å²) in [5, 5.41) is 10.5. The first-order chi connectivity index (χ1) is 19.5. The Kier molecular flexibility index (Phi) is 7.26. The van der Waals surface area contributed by atoms with E-state index in [1.807, 2.05) is 27.3 Å². The van der Waals surface area contributed by atoms with Crippen molar-refractivity contribution in [2.75, 3.05) is 19.6 Å². The van der Waals surface area contributed by atoms with Crippen molar-refractivity contribution >= 4 is 69.2 Å². The smallest absolute Gasteiger partial charge is 0.251 e. The number of H-pyrrole nitrogens is 2. The molecule has 5 heterocycles. The molecule has 11 heteroatoms. The van der Waals surface area contributed by atoms with Crippen LogP contribution in [-0.2, 0) is 22.6 Å². The first-order valence-electron chi connectivity index (χ1n) is 14.1. The number of benzene rings is 1. The Bertz CT molecular complexity index is 1710. The number of aromatic nitrogens is 3. The largest absolute Gasteiger partial charge is 0.343 e. The van der Waals surface area contributed by atoms with Crippen LogP contribution in [0.5, 0.6) is 0 Å². The number of likely N-dealkylation sites (tertiary alicyclic amines) is 1. The summed E-state index contributed by atoms with van der Waals surface area (Å²) in [4.78, 5) is 47.0. The molecule has 2 N–H and O–H groups in total. The first kappa shape index (κ1) is 28.0. The topological polar surface area (TPSA) is 102 Å². The second-order valence-electron chi connectivity index (χ2n) is 12.7. The Morgan fingerprint density at radius 3 is 2.68 bits per heavy atom. The zero-order chi connectivity index (χ0) is 29.1. The van der Waals surface area contributed by atoms with Crippen LogP contribution < -0.4 is 11.0 Å². The lowest BCUT2D eigenvalue weighted by Crippen LogP contribution is -2.43. The predicted molar refractivity (Wildman–Crippen MR) is 164 cm³/mol. The molecule has 1 fully saturated rings. The average molecular weight is 590 g/mol. The van der Waals surface area contributed by atoms with Crippen molar-refractivity contribution in [1.82, 2.24) is 25.0 Å². The molecule has 3 aromatic heterocycles. The van der Waals surface area contributed by atoms with Crippen LogP contribution in [0.25, 0.3) is 21.1 Å². The Labute approximate surface area is 248 Å². The van der Waals surface area contributed by atoms with Crippen LogP contribution in [0.2, 0.25) is 5.02 Å². The lowest BCUT2D eigenvalue weighted by atomic mass is 9.88. The van der Waals surface area contributed by atoms with Gasteiger partial charge in [0.1, 0.15) is 7.85 Å². The SMILES string of the molecule is [B]c1csc2cc(C3CCN(C(=O)C[C@@H]4Cc5cc(Cl)c6[nH]ncc6c5CN(CC(C)(C)C)C4=O)CC3)c(=O)[nH]c12. The summed E-state index contributed by atoms with van der Waals surface area (Å²) in [6.07, 6.45) is 3.77. The van der Waals surface area contributed by atoms with E-state index in [2.05, 4.69) is 36.0 Å². The molecule has 1 aromatic carbocycles. The second-order valence-corrected chi connectivity index (χ2v) is 14.0. The van der Waals surface area contributed by atoms with Crippen LogP contribution in [0.4, 0.5) is 0 Å². The minimum atomic E-state index is -0.473. The molecule has 0 spiro atoms. The molecule has 2 amide bonds. The normalized spacial score (nSPS) is 18.7. The number of halogens is 1. The summed E-state index contributed by atoms with van der Waals surface area (Å²) in [7, 11) is 5.97. The van der Waals surface area contributed by atoms with E-state index in [9.17, 15) is 14.4 Å². The van der Waals surface area contributed by atoms with Crippen molar-refractivity contribution in [3.8, 4) is 0 Å². The van der Waals surface area contributed by atoms with Gasteiger partial charge in [0.2, 0.25) is 11.8 Å². The fraction of sp³-hybridized carbons (Fsp3) is 0.467. The fourth-order valence-corrected chi connectivity index (χ4v) is 7.53. The standard InChI is InChI=1S/C30H33BClN5O3S/c1-30(2,3)15-37-13-21-17(9-23(32)26-20(21)12-33-35-26)8-18(29(37)40)10-25(38)36-6-4-16(5-7-36)19-11-24-27(34-28(19)39)22(31)14-41-24/h9,11-12,14,16,18H,4-8,10,13,15H2,1-3H3,(H,33,35)(H,34,39)/t18-/m0/s1. The first-order valence-corrected chi connectivity index (χ1v) is 15.3. The van der Waals surface area contributed by atoms with Crippen molar-refractivity contribution in [2.45, 2.75) is 58.9 Å². The maximum atomic E-state index is 13.9. The molecule has 0 saturated carbocycles. The van der Waals surface area contributed by atoms with Crippen LogP contribution in [0.1, 0.15) is 62.6 Å². The van der Waals surface area contributed by atoms with E-state index in [0.29, 0.717) is 61.4 Å². The van der Waals surface area contributed by atoms with E-state index in [1.54, 1.807) is 6.20 Å². The highest BCUT2D eigenvalue weighted by Crippen LogP contribution is 2.36. The number of hydrogen-bond acceptors (Lipinski definition) is 5. The van der Waals surface area contributed by atoms with Crippen molar-refractivity contribution < 1.29 is 9.59 Å². The summed E-state index contributed by atoms with van der Waals surface area (Å²) in [5.74, 6) is -0.420. The van der Waals surface area contributed by atoms with E-state index >= 15 is 0 Å². The van der Waals surface area contributed by atoms with Crippen molar-refractivity contribution in [3.05, 3.63) is 55.8 Å². The van der Waals surface area contributed by atoms with Crippen molar-refractivity contribution in [3.63, 3.8) is 0 Å². The molecule has 0 aliphatic carbocycles. The quantitative estimate of drug-likeness (QED) is 0.347. The molecule has 8 nitrogen and oxygen atoms in total. The maximum Gasteiger partial charge on any atom is 0.251 e. The predicted octanol–water partition coefficient (Wildman–Crippen LogP) is 4.26. The summed E-state index contributed by atoms with van der Waals surface area (Å²) < 4.78 is 0.968. The molecular weight excluding hydrogens is 557 g/mol. The zero-order valence-corrected chi connectivity index (χ0v) is 25.1. The summed E-state index contributed by atoms with van der Waals surface area (Å²) in [5.41, 5.74) is 4.63. The van der Waals surface area contributed by atoms with Gasteiger partial charge in [0.15, 0.2) is 0 Å². The number of thiophene rings is 1. The van der Waals surface area contributed by atoms with Crippen LogP contribution in [0, 0.1) is 11.3 Å². The molecule has 0 unspecified atom stereocenters. The third-order valence-electron chi connectivity index (χ3n) is 8.38. The van der Waals surface area contributed by atoms with Crippen LogP contribution in [0.3, 0.4) is 0 Å². The van der Waals surface area contributed by atoms with Crippen molar-refractivity contribution in [2.24, 2.45) is 11.3 Å². The van der Waals surface area contributed by atoms with E-state index in [-0.39, 0.29) is 35.1 Å².